The van der Waals surface area contributed by atoms with E-state index >= 15 is 0 Å². The van der Waals surface area contributed by atoms with Gasteiger partial charge in [0.1, 0.15) is 0 Å². The fourth-order valence-corrected chi connectivity index (χ4v) is 4.47. The van der Waals surface area contributed by atoms with Crippen LogP contribution in [0.1, 0.15) is 23.3 Å². The van der Waals surface area contributed by atoms with Crippen LogP contribution in [-0.2, 0) is 17.8 Å². The van der Waals surface area contributed by atoms with Crippen LogP contribution in [0.3, 0.4) is 0 Å². The quantitative estimate of drug-likeness (QED) is 0.650. The number of nitrogens with zero attached hydrogens (tertiary/aromatic N) is 3. The number of fused-ring (bicyclic) bond motifs is 1. The lowest BCUT2D eigenvalue weighted by atomic mass is 10.1. The first kappa shape index (κ1) is 18.1. The van der Waals surface area contributed by atoms with Gasteiger partial charge in [-0.25, -0.2) is 0 Å². The number of carbonyl (C=O) groups excluding carboxylic acids is 1. The number of amides is 1. The normalized spacial score (nSPS) is 15.3. The molecule has 0 aliphatic carbocycles. The first-order chi connectivity index (χ1) is 13.3. The number of aromatic nitrogens is 1. The Morgan fingerprint density at radius 2 is 1.89 bits per heavy atom. The molecule has 0 bridgehead atoms. The summed E-state index contributed by atoms with van der Waals surface area (Å²) in [5.41, 5.74) is 2.36. The summed E-state index contributed by atoms with van der Waals surface area (Å²) in [5.74, 6) is 0.304. The Morgan fingerprint density at radius 3 is 2.70 bits per heavy atom. The van der Waals surface area contributed by atoms with Gasteiger partial charge in [-0.3, -0.25) is 14.7 Å². The van der Waals surface area contributed by atoms with E-state index in [0.717, 1.165) is 51.1 Å². The SMILES string of the molecule is O=C(CCCc1cccs1)N1CCN(Cc2cccc3cccnc23)CC1. The predicted octanol–water partition coefficient (Wildman–Crippen LogP) is 3.96. The van der Waals surface area contributed by atoms with E-state index in [-0.39, 0.29) is 0 Å². The van der Waals surface area contributed by atoms with Crippen LogP contribution in [0.2, 0.25) is 0 Å². The molecule has 0 atom stereocenters. The van der Waals surface area contributed by atoms with Gasteiger partial charge >= 0.3 is 0 Å². The van der Waals surface area contributed by atoms with Crippen LogP contribution in [0.4, 0.5) is 0 Å². The van der Waals surface area contributed by atoms with Crippen LogP contribution in [0.15, 0.2) is 54.0 Å². The van der Waals surface area contributed by atoms with Crippen LogP contribution >= 0.6 is 11.3 Å². The Balaban J connectivity index is 1.26. The van der Waals surface area contributed by atoms with Gasteiger partial charge in [0.05, 0.1) is 5.52 Å². The highest BCUT2D eigenvalue weighted by atomic mass is 32.1. The summed E-state index contributed by atoms with van der Waals surface area (Å²) in [5, 5.41) is 3.29. The van der Waals surface area contributed by atoms with E-state index in [2.05, 4.69) is 51.7 Å². The second kappa shape index (κ2) is 8.63. The molecular formula is C22H25N3OS. The first-order valence-corrected chi connectivity index (χ1v) is 10.5. The van der Waals surface area contributed by atoms with Crippen molar-refractivity contribution in [3.05, 3.63) is 64.5 Å². The monoisotopic (exact) mass is 379 g/mol. The van der Waals surface area contributed by atoms with E-state index < -0.39 is 0 Å². The molecule has 1 fully saturated rings. The molecule has 140 valence electrons. The fourth-order valence-electron chi connectivity index (χ4n) is 3.72. The fraction of sp³-hybridized carbons (Fsp3) is 0.364. The maximum atomic E-state index is 12.5. The lowest BCUT2D eigenvalue weighted by Gasteiger charge is -2.35. The molecule has 3 heterocycles. The minimum atomic E-state index is 0.304. The summed E-state index contributed by atoms with van der Waals surface area (Å²) in [4.78, 5) is 22.9. The highest BCUT2D eigenvalue weighted by Gasteiger charge is 2.21. The Morgan fingerprint density at radius 1 is 1.04 bits per heavy atom. The number of pyridine rings is 1. The van der Waals surface area contributed by atoms with E-state index in [1.54, 1.807) is 11.3 Å². The van der Waals surface area contributed by atoms with Crippen LogP contribution < -0.4 is 0 Å². The van der Waals surface area contributed by atoms with Crippen molar-refractivity contribution in [2.24, 2.45) is 0 Å². The zero-order chi connectivity index (χ0) is 18.5. The van der Waals surface area contributed by atoms with Crippen LogP contribution in [0, 0.1) is 0 Å². The van der Waals surface area contributed by atoms with Gasteiger partial charge in [-0.1, -0.05) is 30.3 Å². The molecule has 1 aliphatic rings. The third kappa shape index (κ3) is 4.54. The van der Waals surface area contributed by atoms with E-state index in [1.807, 2.05) is 17.2 Å². The lowest BCUT2D eigenvalue weighted by Crippen LogP contribution is -2.48. The van der Waals surface area contributed by atoms with Gasteiger partial charge < -0.3 is 4.90 Å². The largest absolute Gasteiger partial charge is 0.340 e. The lowest BCUT2D eigenvalue weighted by molar-refractivity contribution is -0.133. The highest BCUT2D eigenvalue weighted by Crippen LogP contribution is 2.19. The highest BCUT2D eigenvalue weighted by molar-refractivity contribution is 7.09. The number of carbonyl (C=O) groups is 1. The van der Waals surface area contributed by atoms with E-state index in [1.165, 1.54) is 15.8 Å². The zero-order valence-electron chi connectivity index (χ0n) is 15.5. The topological polar surface area (TPSA) is 36.4 Å². The standard InChI is InChI=1S/C22H25N3OS/c26-21(10-2-8-20-9-4-16-27-20)25-14-12-24(13-15-25)17-19-6-1-5-18-7-3-11-23-22(18)19/h1,3-7,9,11,16H,2,8,10,12-15,17H2. The van der Waals surface area contributed by atoms with Crippen molar-refractivity contribution in [2.45, 2.75) is 25.8 Å². The number of aryl methyl sites for hydroxylation is 1. The first-order valence-electron chi connectivity index (χ1n) is 9.65. The van der Waals surface area contributed by atoms with Gasteiger partial charge in [0, 0.05) is 55.6 Å². The van der Waals surface area contributed by atoms with Crippen molar-refractivity contribution in [3.8, 4) is 0 Å². The van der Waals surface area contributed by atoms with E-state index in [9.17, 15) is 4.79 Å². The molecule has 4 rings (SSSR count). The molecule has 1 aliphatic heterocycles. The van der Waals surface area contributed by atoms with Crippen molar-refractivity contribution < 1.29 is 4.79 Å². The average molecular weight is 380 g/mol. The van der Waals surface area contributed by atoms with Gasteiger partial charge in [0.2, 0.25) is 5.91 Å². The number of para-hydroxylation sites is 1. The summed E-state index contributed by atoms with van der Waals surface area (Å²) >= 11 is 1.78. The second-order valence-electron chi connectivity index (χ2n) is 7.08. The van der Waals surface area contributed by atoms with Crippen molar-refractivity contribution in [1.82, 2.24) is 14.8 Å². The molecule has 0 spiro atoms. The average Bonchev–Trinajstić information content (AvgIpc) is 3.22. The maximum absolute atomic E-state index is 12.5. The van der Waals surface area contributed by atoms with E-state index in [4.69, 9.17) is 0 Å². The Labute approximate surface area is 164 Å². The van der Waals surface area contributed by atoms with Gasteiger partial charge in [-0.05, 0) is 35.9 Å². The molecule has 0 radical (unpaired) electrons. The second-order valence-corrected chi connectivity index (χ2v) is 8.11. The summed E-state index contributed by atoms with van der Waals surface area (Å²) in [6.45, 7) is 4.42. The van der Waals surface area contributed by atoms with Crippen LogP contribution in [0.25, 0.3) is 10.9 Å². The molecule has 4 nitrogen and oxygen atoms in total. The Bertz CT molecular complexity index is 880. The molecule has 27 heavy (non-hydrogen) atoms. The summed E-state index contributed by atoms with van der Waals surface area (Å²) in [6.07, 6.45) is 4.47. The summed E-state index contributed by atoms with van der Waals surface area (Å²) < 4.78 is 0. The minimum Gasteiger partial charge on any atom is -0.340 e. The molecule has 0 unspecified atom stereocenters. The van der Waals surface area contributed by atoms with Crippen LogP contribution in [0.5, 0.6) is 0 Å². The van der Waals surface area contributed by atoms with Gasteiger partial charge in [-0.2, -0.15) is 0 Å². The predicted molar refractivity (Wildman–Crippen MR) is 111 cm³/mol. The molecule has 2 aromatic heterocycles. The number of rotatable bonds is 6. The number of hydrogen-bond acceptors (Lipinski definition) is 4. The molecule has 1 aromatic carbocycles. The van der Waals surface area contributed by atoms with E-state index in [0.29, 0.717) is 12.3 Å². The van der Waals surface area contributed by atoms with Gasteiger partial charge in [-0.15, -0.1) is 11.3 Å². The number of hydrogen-bond donors (Lipinski definition) is 0. The third-order valence-electron chi connectivity index (χ3n) is 5.23. The summed E-state index contributed by atoms with van der Waals surface area (Å²) in [7, 11) is 0. The van der Waals surface area contributed by atoms with Gasteiger partial charge in [0.15, 0.2) is 0 Å². The number of piperazine rings is 1. The number of thiophene rings is 1. The summed E-state index contributed by atoms with van der Waals surface area (Å²) in [6, 6.07) is 14.7. The molecule has 5 heteroatoms. The van der Waals surface area contributed by atoms with Crippen molar-refractivity contribution in [1.29, 1.82) is 0 Å². The zero-order valence-corrected chi connectivity index (χ0v) is 16.3. The minimum absolute atomic E-state index is 0.304. The smallest absolute Gasteiger partial charge is 0.222 e. The molecule has 0 saturated carbocycles. The van der Waals surface area contributed by atoms with Crippen molar-refractivity contribution in [3.63, 3.8) is 0 Å². The Hall–Kier alpha value is -2.24. The molecule has 3 aromatic rings. The van der Waals surface area contributed by atoms with Crippen molar-refractivity contribution in [2.75, 3.05) is 26.2 Å². The van der Waals surface area contributed by atoms with Crippen molar-refractivity contribution >= 4 is 28.1 Å². The third-order valence-corrected chi connectivity index (χ3v) is 6.17. The van der Waals surface area contributed by atoms with Gasteiger partial charge in [0.25, 0.3) is 0 Å². The molecule has 1 amide bonds. The maximum Gasteiger partial charge on any atom is 0.222 e. The molecule has 1 saturated heterocycles. The van der Waals surface area contributed by atoms with Crippen LogP contribution in [-0.4, -0.2) is 46.9 Å². The number of benzene rings is 1. The molecular weight excluding hydrogens is 354 g/mol. The molecule has 0 N–H and O–H groups in total. The Kier molecular flexibility index (Phi) is 5.80.